The van der Waals surface area contributed by atoms with E-state index in [0.29, 0.717) is 30.2 Å². The minimum absolute atomic E-state index is 0.0147. The molecule has 2 aromatic carbocycles. The number of ether oxygens (including phenoxy) is 2. The largest absolute Gasteiger partial charge is 0.493 e. The highest BCUT2D eigenvalue weighted by atomic mass is 32.2. The van der Waals surface area contributed by atoms with E-state index in [1.165, 1.54) is 24.3 Å². The third-order valence-electron chi connectivity index (χ3n) is 5.99. The lowest BCUT2D eigenvalue weighted by Crippen LogP contribution is -2.38. The molecule has 1 heterocycles. The Morgan fingerprint density at radius 2 is 1.82 bits per heavy atom. The van der Waals surface area contributed by atoms with E-state index in [1.54, 1.807) is 18.4 Å². The fraction of sp³-hybridized carbons (Fsp3) is 0.320. The number of nitrogens with zero attached hydrogens (tertiary/aromatic N) is 1. The molecule has 0 saturated heterocycles. The van der Waals surface area contributed by atoms with Gasteiger partial charge in [0.25, 0.3) is 5.91 Å². The Morgan fingerprint density at radius 1 is 1.09 bits per heavy atom. The quantitative estimate of drug-likeness (QED) is 0.464. The topological polar surface area (TPSA) is 98.9 Å². The molecule has 180 valence electrons. The van der Waals surface area contributed by atoms with E-state index in [0.717, 1.165) is 36.1 Å². The van der Waals surface area contributed by atoms with E-state index < -0.39 is 10.0 Å². The zero-order chi connectivity index (χ0) is 24.1. The fourth-order valence-corrected chi connectivity index (χ4v) is 5.34. The van der Waals surface area contributed by atoms with Crippen LogP contribution >= 0.6 is 11.3 Å². The van der Waals surface area contributed by atoms with Crippen LogP contribution in [0, 0.1) is 0 Å². The van der Waals surface area contributed by atoms with Crippen LogP contribution in [0.5, 0.6) is 11.5 Å². The van der Waals surface area contributed by atoms with Crippen LogP contribution in [0.2, 0.25) is 0 Å². The van der Waals surface area contributed by atoms with Crippen molar-refractivity contribution in [1.82, 2.24) is 4.90 Å². The summed E-state index contributed by atoms with van der Waals surface area (Å²) in [6, 6.07) is 15.6. The number of thiophene rings is 1. The van der Waals surface area contributed by atoms with Gasteiger partial charge in [0.1, 0.15) is 6.61 Å². The van der Waals surface area contributed by atoms with Crippen molar-refractivity contribution in [2.45, 2.75) is 49.8 Å². The summed E-state index contributed by atoms with van der Waals surface area (Å²) in [5.74, 6) is 1.13. The second-order valence-electron chi connectivity index (χ2n) is 8.29. The van der Waals surface area contributed by atoms with Gasteiger partial charge in [-0.2, -0.15) is 0 Å². The van der Waals surface area contributed by atoms with Crippen molar-refractivity contribution >= 4 is 27.3 Å². The van der Waals surface area contributed by atoms with Crippen molar-refractivity contribution in [3.05, 3.63) is 76.0 Å². The van der Waals surface area contributed by atoms with Gasteiger partial charge in [-0.15, -0.1) is 11.3 Å². The first-order valence-electron chi connectivity index (χ1n) is 11.1. The molecule has 34 heavy (non-hydrogen) atoms. The van der Waals surface area contributed by atoms with Crippen LogP contribution in [0.25, 0.3) is 0 Å². The predicted octanol–water partition coefficient (Wildman–Crippen LogP) is 4.57. The number of primary sulfonamides is 1. The fourth-order valence-electron chi connectivity index (χ4n) is 4.21. The second-order valence-corrected chi connectivity index (χ2v) is 10.9. The number of methoxy groups -OCH3 is 1. The summed E-state index contributed by atoms with van der Waals surface area (Å²) in [6.45, 7) is 0.860. The van der Waals surface area contributed by atoms with Gasteiger partial charge in [0.2, 0.25) is 10.0 Å². The number of amides is 1. The second kappa shape index (κ2) is 10.6. The molecule has 2 N–H and O–H groups in total. The first-order chi connectivity index (χ1) is 16.3. The Bertz CT molecular complexity index is 1220. The smallest absolute Gasteiger partial charge is 0.254 e. The minimum Gasteiger partial charge on any atom is -0.493 e. The molecule has 1 amide bonds. The van der Waals surface area contributed by atoms with Crippen molar-refractivity contribution in [3.63, 3.8) is 0 Å². The summed E-state index contributed by atoms with van der Waals surface area (Å²) >= 11 is 1.63. The Balaban J connectivity index is 1.57. The highest BCUT2D eigenvalue weighted by Gasteiger charge is 2.28. The molecular weight excluding hydrogens is 472 g/mol. The Hall–Kier alpha value is -2.88. The van der Waals surface area contributed by atoms with Gasteiger partial charge in [-0.05, 0) is 66.2 Å². The van der Waals surface area contributed by atoms with Gasteiger partial charge < -0.3 is 14.4 Å². The standard InChI is InChI=1S/C25H28N2O5S2/c1-31-23-13-8-18(15-24(23)32-17-21-7-4-14-33-21)16-27(20-5-2-3-6-20)25(28)19-9-11-22(12-10-19)34(26,29)30/h4,7-15,20H,2-3,5-6,16-17H2,1H3,(H2,26,29,30). The predicted molar refractivity (Wildman–Crippen MR) is 132 cm³/mol. The average Bonchev–Trinajstić information content (AvgIpc) is 3.55. The molecule has 0 radical (unpaired) electrons. The monoisotopic (exact) mass is 500 g/mol. The maximum Gasteiger partial charge on any atom is 0.254 e. The molecule has 3 aromatic rings. The lowest BCUT2D eigenvalue weighted by Gasteiger charge is -2.29. The van der Waals surface area contributed by atoms with Gasteiger partial charge in [0.15, 0.2) is 11.5 Å². The first-order valence-corrected chi connectivity index (χ1v) is 13.5. The number of rotatable bonds is 9. The molecule has 0 spiro atoms. The number of hydrogen-bond acceptors (Lipinski definition) is 6. The van der Waals surface area contributed by atoms with Crippen LogP contribution in [0.3, 0.4) is 0 Å². The van der Waals surface area contributed by atoms with Gasteiger partial charge in [-0.3, -0.25) is 4.79 Å². The number of benzene rings is 2. The van der Waals surface area contributed by atoms with E-state index in [9.17, 15) is 13.2 Å². The van der Waals surface area contributed by atoms with E-state index >= 15 is 0 Å². The maximum absolute atomic E-state index is 13.5. The number of hydrogen-bond donors (Lipinski definition) is 1. The number of carbonyl (C=O) groups is 1. The van der Waals surface area contributed by atoms with Gasteiger partial charge in [-0.1, -0.05) is 25.0 Å². The first kappa shape index (κ1) is 24.3. The van der Waals surface area contributed by atoms with Crippen LogP contribution < -0.4 is 14.6 Å². The summed E-state index contributed by atoms with van der Waals surface area (Å²) in [7, 11) is -2.21. The third kappa shape index (κ3) is 5.78. The number of sulfonamides is 1. The van der Waals surface area contributed by atoms with Crippen molar-refractivity contribution in [2.24, 2.45) is 5.14 Å². The van der Waals surface area contributed by atoms with E-state index in [4.69, 9.17) is 14.6 Å². The lowest BCUT2D eigenvalue weighted by atomic mass is 10.1. The summed E-state index contributed by atoms with van der Waals surface area (Å²) in [6.07, 6.45) is 4.05. The molecule has 1 aliphatic rings. The van der Waals surface area contributed by atoms with E-state index in [2.05, 4.69) is 0 Å². The SMILES string of the molecule is COc1ccc(CN(C(=O)c2ccc(S(N)(=O)=O)cc2)C2CCCC2)cc1OCc1cccs1. The molecular formula is C25H28N2O5S2. The van der Waals surface area contributed by atoms with Crippen molar-refractivity contribution in [1.29, 1.82) is 0 Å². The van der Waals surface area contributed by atoms with Crippen LogP contribution in [0.15, 0.2) is 64.9 Å². The van der Waals surface area contributed by atoms with Crippen LogP contribution in [0.4, 0.5) is 0 Å². The van der Waals surface area contributed by atoms with Crippen molar-refractivity contribution < 1.29 is 22.7 Å². The molecule has 1 aliphatic carbocycles. The zero-order valence-electron chi connectivity index (χ0n) is 19.0. The molecule has 1 saturated carbocycles. The highest BCUT2D eigenvalue weighted by molar-refractivity contribution is 7.89. The van der Waals surface area contributed by atoms with Crippen LogP contribution in [-0.2, 0) is 23.2 Å². The Labute approximate surface area is 204 Å². The average molecular weight is 501 g/mol. The molecule has 1 aromatic heterocycles. The molecule has 1 fully saturated rings. The zero-order valence-corrected chi connectivity index (χ0v) is 20.6. The molecule has 4 rings (SSSR count). The summed E-state index contributed by atoms with van der Waals surface area (Å²) in [4.78, 5) is 16.5. The third-order valence-corrected chi connectivity index (χ3v) is 7.77. The maximum atomic E-state index is 13.5. The van der Waals surface area contributed by atoms with Gasteiger partial charge >= 0.3 is 0 Å². The molecule has 0 atom stereocenters. The summed E-state index contributed by atoms with van der Waals surface area (Å²) in [5.41, 5.74) is 1.37. The molecule has 0 unspecified atom stereocenters. The van der Waals surface area contributed by atoms with E-state index in [1.807, 2.05) is 40.6 Å². The molecule has 9 heteroatoms. The van der Waals surface area contributed by atoms with Crippen molar-refractivity contribution in [3.8, 4) is 11.5 Å². The van der Waals surface area contributed by atoms with Gasteiger partial charge in [-0.25, -0.2) is 13.6 Å². The Kier molecular flexibility index (Phi) is 7.55. The van der Waals surface area contributed by atoms with Crippen molar-refractivity contribution in [2.75, 3.05) is 7.11 Å². The Morgan fingerprint density at radius 3 is 2.44 bits per heavy atom. The van der Waals surface area contributed by atoms with Gasteiger partial charge in [0.05, 0.1) is 12.0 Å². The summed E-state index contributed by atoms with van der Waals surface area (Å²) < 4.78 is 34.6. The van der Waals surface area contributed by atoms with Crippen LogP contribution in [-0.4, -0.2) is 32.4 Å². The molecule has 7 nitrogen and oxygen atoms in total. The van der Waals surface area contributed by atoms with Gasteiger partial charge in [0, 0.05) is 23.0 Å². The number of carbonyl (C=O) groups excluding carboxylic acids is 1. The summed E-state index contributed by atoms with van der Waals surface area (Å²) in [5, 5.41) is 7.20. The highest BCUT2D eigenvalue weighted by Crippen LogP contribution is 2.32. The lowest BCUT2D eigenvalue weighted by molar-refractivity contribution is 0.0664. The molecule has 0 bridgehead atoms. The minimum atomic E-state index is -3.81. The van der Waals surface area contributed by atoms with Crippen LogP contribution in [0.1, 0.15) is 46.5 Å². The number of nitrogens with two attached hydrogens (primary N) is 1. The molecule has 0 aliphatic heterocycles. The van der Waals surface area contributed by atoms with E-state index in [-0.39, 0.29) is 16.8 Å². The normalized spacial score (nSPS) is 14.2.